The number of hydrogen-bond acceptors (Lipinski definition) is 2. The number of carbonyl (C=O) groups is 1. The van der Waals surface area contributed by atoms with Crippen molar-refractivity contribution in [2.24, 2.45) is 0 Å². The third-order valence-electron chi connectivity index (χ3n) is 1.66. The first-order chi connectivity index (χ1) is 5.00. The SMILES string of the molecule is CC(=O)N(C(C)C)C(C)CO. The van der Waals surface area contributed by atoms with Crippen LogP contribution in [0.3, 0.4) is 0 Å². The highest BCUT2D eigenvalue weighted by Crippen LogP contribution is 2.04. The minimum atomic E-state index is -0.0764. The van der Waals surface area contributed by atoms with Crippen molar-refractivity contribution >= 4 is 5.91 Å². The first-order valence-electron chi connectivity index (χ1n) is 3.90. The Morgan fingerprint density at radius 2 is 1.91 bits per heavy atom. The summed E-state index contributed by atoms with van der Waals surface area (Å²) in [5, 5.41) is 8.81. The lowest BCUT2D eigenvalue weighted by molar-refractivity contribution is -0.133. The van der Waals surface area contributed by atoms with Gasteiger partial charge in [-0.15, -0.1) is 0 Å². The van der Waals surface area contributed by atoms with Gasteiger partial charge in [-0.25, -0.2) is 0 Å². The van der Waals surface area contributed by atoms with Crippen LogP contribution in [-0.2, 0) is 4.79 Å². The second-order valence-electron chi connectivity index (χ2n) is 3.05. The summed E-state index contributed by atoms with van der Waals surface area (Å²) in [7, 11) is 0. The maximum Gasteiger partial charge on any atom is 0.219 e. The third kappa shape index (κ3) is 2.89. The van der Waals surface area contributed by atoms with E-state index in [1.807, 2.05) is 20.8 Å². The van der Waals surface area contributed by atoms with Gasteiger partial charge in [-0.1, -0.05) is 0 Å². The molecular formula is C8H17NO2. The lowest BCUT2D eigenvalue weighted by Crippen LogP contribution is -2.43. The van der Waals surface area contributed by atoms with E-state index in [0.29, 0.717) is 0 Å². The first kappa shape index (κ1) is 10.4. The summed E-state index contributed by atoms with van der Waals surface area (Å²) in [5.41, 5.74) is 0. The molecule has 0 saturated heterocycles. The van der Waals surface area contributed by atoms with Crippen molar-refractivity contribution in [1.29, 1.82) is 0 Å². The van der Waals surface area contributed by atoms with E-state index in [0.717, 1.165) is 0 Å². The van der Waals surface area contributed by atoms with Crippen molar-refractivity contribution in [2.45, 2.75) is 39.8 Å². The standard InChI is InChI=1S/C8H17NO2/c1-6(2)9(8(4)11)7(3)5-10/h6-7,10H,5H2,1-4H3. The van der Waals surface area contributed by atoms with Crippen LogP contribution in [0.2, 0.25) is 0 Å². The van der Waals surface area contributed by atoms with Crippen LogP contribution in [0.5, 0.6) is 0 Å². The molecule has 0 heterocycles. The van der Waals surface area contributed by atoms with Crippen molar-refractivity contribution in [3.05, 3.63) is 0 Å². The molecule has 1 unspecified atom stereocenters. The zero-order valence-electron chi connectivity index (χ0n) is 7.66. The van der Waals surface area contributed by atoms with E-state index in [1.54, 1.807) is 4.90 Å². The smallest absolute Gasteiger partial charge is 0.219 e. The molecule has 0 fully saturated rings. The Morgan fingerprint density at radius 1 is 1.45 bits per heavy atom. The van der Waals surface area contributed by atoms with Crippen molar-refractivity contribution in [2.75, 3.05) is 6.61 Å². The van der Waals surface area contributed by atoms with Gasteiger partial charge in [0.2, 0.25) is 5.91 Å². The van der Waals surface area contributed by atoms with Crippen LogP contribution < -0.4 is 0 Å². The molecular weight excluding hydrogens is 142 g/mol. The Kier molecular flexibility index (Phi) is 4.11. The lowest BCUT2D eigenvalue weighted by Gasteiger charge is -2.30. The Morgan fingerprint density at radius 3 is 2.00 bits per heavy atom. The molecule has 1 amide bonds. The fourth-order valence-electron chi connectivity index (χ4n) is 1.27. The highest BCUT2D eigenvalue weighted by atomic mass is 16.3. The van der Waals surface area contributed by atoms with E-state index in [2.05, 4.69) is 0 Å². The summed E-state index contributed by atoms with van der Waals surface area (Å²) >= 11 is 0. The van der Waals surface area contributed by atoms with Crippen LogP contribution in [0.15, 0.2) is 0 Å². The van der Waals surface area contributed by atoms with Crippen molar-refractivity contribution in [3.8, 4) is 0 Å². The summed E-state index contributed by atoms with van der Waals surface area (Å²) in [6, 6.07) is 0.0853. The molecule has 0 saturated carbocycles. The number of nitrogens with zero attached hydrogens (tertiary/aromatic N) is 1. The van der Waals surface area contributed by atoms with Crippen molar-refractivity contribution in [1.82, 2.24) is 4.90 Å². The molecule has 0 radical (unpaired) electrons. The predicted molar refractivity (Wildman–Crippen MR) is 44.2 cm³/mol. The second-order valence-corrected chi connectivity index (χ2v) is 3.05. The molecule has 0 aromatic heterocycles. The zero-order valence-corrected chi connectivity index (χ0v) is 7.66. The van der Waals surface area contributed by atoms with Crippen molar-refractivity contribution in [3.63, 3.8) is 0 Å². The fraction of sp³-hybridized carbons (Fsp3) is 0.875. The van der Waals surface area contributed by atoms with E-state index >= 15 is 0 Å². The quantitative estimate of drug-likeness (QED) is 0.656. The highest BCUT2D eigenvalue weighted by Gasteiger charge is 2.18. The van der Waals surface area contributed by atoms with Gasteiger partial charge in [0.1, 0.15) is 0 Å². The number of aliphatic hydroxyl groups is 1. The van der Waals surface area contributed by atoms with Gasteiger partial charge in [-0.3, -0.25) is 4.79 Å². The van der Waals surface area contributed by atoms with E-state index in [1.165, 1.54) is 6.92 Å². The largest absolute Gasteiger partial charge is 0.394 e. The summed E-state index contributed by atoms with van der Waals surface area (Å²) < 4.78 is 0. The molecule has 0 aliphatic rings. The van der Waals surface area contributed by atoms with Crippen LogP contribution >= 0.6 is 0 Å². The number of aliphatic hydroxyl groups excluding tert-OH is 1. The normalized spacial score (nSPS) is 13.3. The summed E-state index contributed by atoms with van der Waals surface area (Å²) in [6.07, 6.45) is 0. The molecule has 0 bridgehead atoms. The number of amides is 1. The molecule has 0 spiro atoms. The summed E-state index contributed by atoms with van der Waals surface area (Å²) in [6.45, 7) is 7.26. The molecule has 1 atom stereocenters. The zero-order chi connectivity index (χ0) is 9.02. The molecule has 11 heavy (non-hydrogen) atoms. The minimum absolute atomic E-state index is 0.0153. The monoisotopic (exact) mass is 159 g/mol. The van der Waals surface area contributed by atoms with E-state index in [9.17, 15) is 4.79 Å². The minimum Gasteiger partial charge on any atom is -0.394 e. The molecule has 3 heteroatoms. The van der Waals surface area contributed by atoms with Crippen LogP contribution in [-0.4, -0.2) is 34.6 Å². The van der Waals surface area contributed by atoms with Gasteiger partial charge in [0.05, 0.1) is 12.6 Å². The topological polar surface area (TPSA) is 40.5 Å². The van der Waals surface area contributed by atoms with Crippen molar-refractivity contribution < 1.29 is 9.90 Å². The highest BCUT2D eigenvalue weighted by molar-refractivity contribution is 5.73. The summed E-state index contributed by atoms with van der Waals surface area (Å²) in [4.78, 5) is 12.7. The van der Waals surface area contributed by atoms with Gasteiger partial charge in [-0.05, 0) is 20.8 Å². The fourth-order valence-corrected chi connectivity index (χ4v) is 1.27. The maximum atomic E-state index is 11.0. The molecule has 0 aromatic carbocycles. The van der Waals surface area contributed by atoms with Crippen LogP contribution in [0.25, 0.3) is 0 Å². The Balaban J connectivity index is 4.21. The Labute approximate surface area is 68.0 Å². The lowest BCUT2D eigenvalue weighted by atomic mass is 10.2. The second kappa shape index (κ2) is 4.34. The molecule has 0 aliphatic carbocycles. The van der Waals surface area contributed by atoms with Gasteiger partial charge >= 0.3 is 0 Å². The average molecular weight is 159 g/mol. The van der Waals surface area contributed by atoms with Gasteiger partial charge < -0.3 is 10.0 Å². The Hall–Kier alpha value is -0.570. The van der Waals surface area contributed by atoms with Gasteiger partial charge in [-0.2, -0.15) is 0 Å². The molecule has 0 aliphatic heterocycles. The van der Waals surface area contributed by atoms with E-state index < -0.39 is 0 Å². The van der Waals surface area contributed by atoms with Crippen LogP contribution in [0.4, 0.5) is 0 Å². The maximum absolute atomic E-state index is 11.0. The molecule has 0 rings (SSSR count). The number of rotatable bonds is 3. The van der Waals surface area contributed by atoms with E-state index in [4.69, 9.17) is 5.11 Å². The molecule has 1 N–H and O–H groups in total. The third-order valence-corrected chi connectivity index (χ3v) is 1.66. The number of carbonyl (C=O) groups excluding carboxylic acids is 1. The van der Waals surface area contributed by atoms with Gasteiger partial charge in [0.15, 0.2) is 0 Å². The molecule has 0 aromatic rings. The van der Waals surface area contributed by atoms with E-state index in [-0.39, 0.29) is 24.6 Å². The van der Waals surface area contributed by atoms with Crippen LogP contribution in [0.1, 0.15) is 27.7 Å². The van der Waals surface area contributed by atoms with Crippen LogP contribution in [0, 0.1) is 0 Å². The van der Waals surface area contributed by atoms with Gasteiger partial charge in [0, 0.05) is 13.0 Å². The molecule has 66 valence electrons. The first-order valence-corrected chi connectivity index (χ1v) is 3.90. The number of hydrogen-bond donors (Lipinski definition) is 1. The predicted octanol–water partition coefficient (Wildman–Crippen LogP) is 0.624. The summed E-state index contributed by atoms with van der Waals surface area (Å²) in [5.74, 6) is 0.0153. The average Bonchev–Trinajstić information content (AvgIpc) is 1.85. The van der Waals surface area contributed by atoms with Gasteiger partial charge in [0.25, 0.3) is 0 Å². The molecule has 3 nitrogen and oxygen atoms in total. The Bertz CT molecular complexity index is 134.